The average Bonchev–Trinajstić information content (AvgIpc) is 3.10. The molecule has 0 aromatic carbocycles. The fourth-order valence-electron chi connectivity index (χ4n) is 4.99. The minimum absolute atomic E-state index is 0.0472. The number of hydrogen-bond acceptors (Lipinski definition) is 8. The molecular formula is C40H72NO8P. The number of hydrogen-bond donors (Lipinski definition) is 2. The maximum atomic E-state index is 12.5. The molecule has 290 valence electrons. The van der Waals surface area contributed by atoms with E-state index in [1.54, 1.807) is 0 Å². The Kier molecular flexibility index (Phi) is 35.3. The van der Waals surface area contributed by atoms with E-state index in [1.807, 2.05) is 0 Å². The van der Waals surface area contributed by atoms with Crippen molar-refractivity contribution in [2.45, 2.75) is 168 Å². The summed E-state index contributed by atoms with van der Waals surface area (Å²) in [6.45, 7) is 3.60. The number of phosphoric acid groups is 1. The van der Waals surface area contributed by atoms with Crippen LogP contribution in [0.1, 0.15) is 162 Å². The summed E-state index contributed by atoms with van der Waals surface area (Å²) >= 11 is 0. The van der Waals surface area contributed by atoms with E-state index in [0.717, 1.165) is 83.5 Å². The molecule has 0 aliphatic heterocycles. The number of allylic oxidation sites excluding steroid dienone is 8. The lowest BCUT2D eigenvalue weighted by molar-refractivity contribution is -0.161. The summed E-state index contributed by atoms with van der Waals surface area (Å²) < 4.78 is 32.6. The summed E-state index contributed by atoms with van der Waals surface area (Å²) in [4.78, 5) is 34.7. The highest BCUT2D eigenvalue weighted by molar-refractivity contribution is 7.47. The topological polar surface area (TPSA) is 134 Å². The summed E-state index contributed by atoms with van der Waals surface area (Å²) in [6, 6.07) is 0. The number of phosphoric ester groups is 1. The van der Waals surface area contributed by atoms with Gasteiger partial charge in [-0.1, -0.05) is 127 Å². The number of nitrogens with two attached hydrogens (primary N) is 1. The highest BCUT2D eigenvalue weighted by atomic mass is 31.2. The molecule has 0 aliphatic rings. The number of carbonyl (C=O) groups is 2. The molecule has 0 rings (SSSR count). The summed E-state index contributed by atoms with van der Waals surface area (Å²) in [5.41, 5.74) is 5.33. The molecule has 2 unspecified atom stereocenters. The maximum Gasteiger partial charge on any atom is 0.472 e. The molecule has 2 atom stereocenters. The lowest BCUT2D eigenvalue weighted by Crippen LogP contribution is -2.29. The number of esters is 2. The van der Waals surface area contributed by atoms with Crippen molar-refractivity contribution in [1.82, 2.24) is 0 Å². The van der Waals surface area contributed by atoms with Gasteiger partial charge in [0.1, 0.15) is 6.61 Å². The van der Waals surface area contributed by atoms with E-state index < -0.39 is 32.5 Å². The standard InChI is InChI=1S/C40H72NO8P/c1-3-5-7-9-11-13-15-17-18-19-21-23-25-27-29-31-33-40(43)49-38(37-48-50(44,45)47-35-34-41)36-46-39(42)32-30-28-26-24-22-20-16-14-12-10-8-6-4-2/h8,10,13-16,18-19,38H,3-7,9,11-12,17,20-37,41H2,1-2H3,(H,44,45)/b10-8-,15-13-,16-14-,19-18-. The third-order valence-corrected chi connectivity index (χ3v) is 8.90. The SMILES string of the molecule is CCC/C=C\C/C=C\CCCCCCCC(=O)OCC(COP(=O)(O)OCCN)OC(=O)CCCCCCC/C=C\C/C=C\CCCCCC. The zero-order valence-corrected chi connectivity index (χ0v) is 32.5. The molecular weight excluding hydrogens is 653 g/mol. The quantitative estimate of drug-likeness (QED) is 0.0280. The van der Waals surface area contributed by atoms with Crippen LogP contribution in [0.15, 0.2) is 48.6 Å². The van der Waals surface area contributed by atoms with E-state index in [4.69, 9.17) is 24.3 Å². The van der Waals surface area contributed by atoms with Crippen molar-refractivity contribution in [2.75, 3.05) is 26.4 Å². The molecule has 0 bridgehead atoms. The van der Waals surface area contributed by atoms with E-state index in [9.17, 15) is 19.0 Å². The largest absolute Gasteiger partial charge is 0.472 e. The van der Waals surface area contributed by atoms with Crippen molar-refractivity contribution >= 4 is 19.8 Å². The molecule has 0 radical (unpaired) electrons. The zero-order valence-electron chi connectivity index (χ0n) is 31.6. The van der Waals surface area contributed by atoms with Crippen LogP contribution in [0.25, 0.3) is 0 Å². The summed E-state index contributed by atoms with van der Waals surface area (Å²) in [7, 11) is -4.38. The van der Waals surface area contributed by atoms with Crippen LogP contribution in [0, 0.1) is 0 Å². The Morgan fingerprint density at radius 2 is 1.08 bits per heavy atom. The predicted molar refractivity (Wildman–Crippen MR) is 206 cm³/mol. The summed E-state index contributed by atoms with van der Waals surface area (Å²) in [5, 5.41) is 0. The van der Waals surface area contributed by atoms with Crippen molar-refractivity contribution < 1.29 is 37.6 Å². The molecule has 9 nitrogen and oxygen atoms in total. The lowest BCUT2D eigenvalue weighted by atomic mass is 10.1. The molecule has 10 heteroatoms. The van der Waals surface area contributed by atoms with Crippen molar-refractivity contribution in [3.8, 4) is 0 Å². The van der Waals surface area contributed by atoms with Gasteiger partial charge in [-0.05, 0) is 70.6 Å². The lowest BCUT2D eigenvalue weighted by Gasteiger charge is -2.19. The molecule has 0 aromatic rings. The van der Waals surface area contributed by atoms with Gasteiger partial charge in [0.2, 0.25) is 0 Å². The van der Waals surface area contributed by atoms with Crippen LogP contribution in [0.5, 0.6) is 0 Å². The molecule has 0 amide bonds. The van der Waals surface area contributed by atoms with E-state index in [1.165, 1.54) is 38.5 Å². The highest BCUT2D eigenvalue weighted by Gasteiger charge is 2.25. The van der Waals surface area contributed by atoms with Gasteiger partial charge >= 0.3 is 19.8 Å². The molecule has 0 aliphatic carbocycles. The second-order valence-electron chi connectivity index (χ2n) is 12.8. The highest BCUT2D eigenvalue weighted by Crippen LogP contribution is 2.43. The predicted octanol–water partition coefficient (Wildman–Crippen LogP) is 10.8. The average molecular weight is 726 g/mol. The Bertz CT molecular complexity index is 965. The Morgan fingerprint density at radius 3 is 1.60 bits per heavy atom. The number of rotatable bonds is 36. The minimum Gasteiger partial charge on any atom is -0.462 e. The molecule has 0 aromatic heterocycles. The zero-order chi connectivity index (χ0) is 36.8. The van der Waals surface area contributed by atoms with E-state index in [-0.39, 0.29) is 32.6 Å². The van der Waals surface area contributed by atoms with Crippen LogP contribution in [-0.2, 0) is 32.7 Å². The Labute approximate surface area is 305 Å². The van der Waals surface area contributed by atoms with Crippen LogP contribution in [0.3, 0.4) is 0 Å². The summed E-state index contributed by atoms with van der Waals surface area (Å²) in [5.74, 6) is -0.866. The fourth-order valence-corrected chi connectivity index (χ4v) is 5.76. The molecule has 0 saturated carbocycles. The van der Waals surface area contributed by atoms with Gasteiger partial charge in [-0.2, -0.15) is 0 Å². The Morgan fingerprint density at radius 1 is 0.600 bits per heavy atom. The van der Waals surface area contributed by atoms with Gasteiger partial charge in [-0.15, -0.1) is 0 Å². The number of unbranched alkanes of at least 4 members (excludes halogenated alkanes) is 15. The molecule has 3 N–H and O–H groups in total. The van der Waals surface area contributed by atoms with Crippen LogP contribution < -0.4 is 5.73 Å². The first kappa shape index (κ1) is 48.0. The third-order valence-electron chi connectivity index (χ3n) is 7.92. The monoisotopic (exact) mass is 725 g/mol. The molecule has 0 heterocycles. The molecule has 0 saturated heterocycles. The van der Waals surface area contributed by atoms with Gasteiger partial charge in [0.25, 0.3) is 0 Å². The fraction of sp³-hybridized carbons (Fsp3) is 0.750. The second kappa shape index (κ2) is 36.8. The van der Waals surface area contributed by atoms with Gasteiger partial charge < -0.3 is 20.1 Å². The summed E-state index contributed by atoms with van der Waals surface area (Å²) in [6.07, 6.45) is 39.9. The van der Waals surface area contributed by atoms with Crippen LogP contribution >= 0.6 is 7.82 Å². The van der Waals surface area contributed by atoms with Crippen LogP contribution in [0.2, 0.25) is 0 Å². The van der Waals surface area contributed by atoms with Gasteiger partial charge in [-0.25, -0.2) is 4.57 Å². The maximum absolute atomic E-state index is 12.5. The molecule has 0 spiro atoms. The van der Waals surface area contributed by atoms with E-state index in [2.05, 4.69) is 62.5 Å². The number of carbonyl (C=O) groups excluding carboxylic acids is 2. The van der Waals surface area contributed by atoms with Crippen molar-refractivity contribution in [3.63, 3.8) is 0 Å². The Balaban J connectivity index is 4.26. The number of ether oxygens (including phenoxy) is 2. The van der Waals surface area contributed by atoms with E-state index >= 15 is 0 Å². The van der Waals surface area contributed by atoms with Crippen LogP contribution in [-0.4, -0.2) is 49.3 Å². The first-order chi connectivity index (χ1) is 24.3. The van der Waals surface area contributed by atoms with Gasteiger partial charge in [0, 0.05) is 19.4 Å². The van der Waals surface area contributed by atoms with Gasteiger partial charge in [-0.3, -0.25) is 18.6 Å². The van der Waals surface area contributed by atoms with E-state index in [0.29, 0.717) is 12.8 Å². The second-order valence-corrected chi connectivity index (χ2v) is 14.2. The molecule has 50 heavy (non-hydrogen) atoms. The first-order valence-corrected chi connectivity index (χ1v) is 21.1. The third kappa shape index (κ3) is 35.8. The van der Waals surface area contributed by atoms with Gasteiger partial charge in [0.05, 0.1) is 13.2 Å². The first-order valence-electron chi connectivity index (χ1n) is 19.6. The minimum atomic E-state index is -4.38. The van der Waals surface area contributed by atoms with Gasteiger partial charge in [0.15, 0.2) is 6.10 Å². The Hall–Kier alpha value is -2.03. The van der Waals surface area contributed by atoms with Crippen molar-refractivity contribution in [1.29, 1.82) is 0 Å². The molecule has 0 fully saturated rings. The van der Waals surface area contributed by atoms with Crippen molar-refractivity contribution in [2.24, 2.45) is 5.73 Å². The normalized spacial score (nSPS) is 13.9. The van der Waals surface area contributed by atoms with Crippen LogP contribution in [0.4, 0.5) is 0 Å². The van der Waals surface area contributed by atoms with Crippen molar-refractivity contribution in [3.05, 3.63) is 48.6 Å². The smallest absolute Gasteiger partial charge is 0.462 e.